The van der Waals surface area contributed by atoms with Crippen molar-refractivity contribution in [2.45, 2.75) is 40.0 Å². The molecule has 1 aliphatic heterocycles. The number of piperidine rings is 1. The Morgan fingerprint density at radius 2 is 2.00 bits per heavy atom. The zero-order valence-corrected chi connectivity index (χ0v) is 16.5. The van der Waals surface area contributed by atoms with Crippen molar-refractivity contribution < 1.29 is 9.59 Å². The predicted molar refractivity (Wildman–Crippen MR) is 108 cm³/mol. The first-order valence-electron chi connectivity index (χ1n) is 9.72. The quantitative estimate of drug-likeness (QED) is 0.726. The third-order valence-corrected chi connectivity index (χ3v) is 5.68. The molecule has 6 heteroatoms. The normalized spacial score (nSPS) is 18.0. The number of rotatable bonds is 6. The average Bonchev–Trinajstić information content (AvgIpc) is 2.96. The van der Waals surface area contributed by atoms with Crippen LogP contribution in [0.4, 0.5) is 0 Å². The summed E-state index contributed by atoms with van der Waals surface area (Å²) in [7, 11) is 0. The molecule has 0 spiro atoms. The maximum atomic E-state index is 12.5. The number of primary amides is 1. The van der Waals surface area contributed by atoms with Crippen LogP contribution >= 0.6 is 0 Å². The van der Waals surface area contributed by atoms with Gasteiger partial charge in [-0.25, -0.2) is 0 Å². The molecule has 1 aliphatic rings. The lowest BCUT2D eigenvalue weighted by atomic mass is 9.97. The highest BCUT2D eigenvalue weighted by atomic mass is 16.2. The maximum absolute atomic E-state index is 12.5. The van der Waals surface area contributed by atoms with E-state index < -0.39 is 0 Å². The standard InChI is InChI=1S/C21H30N4O2/c1-13-6-7-14(2)20-19(13)17(15(3)24-20)11-18(26)23-8-10-25-9-4-5-16(12-25)21(22)27/h6-7,16,24H,4-5,8-12H2,1-3H3,(H2,22,27)(H,23,26)/t16-/m0/s1. The Morgan fingerprint density at radius 3 is 2.74 bits per heavy atom. The summed E-state index contributed by atoms with van der Waals surface area (Å²) in [5.41, 5.74) is 11.1. The first-order valence-corrected chi connectivity index (χ1v) is 9.72. The Kier molecular flexibility index (Phi) is 5.85. The lowest BCUT2D eigenvalue weighted by Gasteiger charge is -2.31. The van der Waals surface area contributed by atoms with Crippen molar-refractivity contribution in [2.24, 2.45) is 11.7 Å². The summed E-state index contributed by atoms with van der Waals surface area (Å²) in [5.74, 6) is -0.248. The van der Waals surface area contributed by atoms with Crippen molar-refractivity contribution in [3.63, 3.8) is 0 Å². The number of likely N-dealkylation sites (tertiary alicyclic amines) is 1. The lowest BCUT2D eigenvalue weighted by Crippen LogP contribution is -2.44. The molecule has 6 nitrogen and oxygen atoms in total. The van der Waals surface area contributed by atoms with E-state index in [0.29, 0.717) is 19.5 Å². The minimum absolute atomic E-state index is 0.0309. The van der Waals surface area contributed by atoms with Crippen molar-refractivity contribution in [3.05, 3.63) is 34.5 Å². The fraction of sp³-hybridized carbons (Fsp3) is 0.524. The van der Waals surface area contributed by atoms with Crippen molar-refractivity contribution in [3.8, 4) is 0 Å². The molecule has 0 radical (unpaired) electrons. The van der Waals surface area contributed by atoms with E-state index in [9.17, 15) is 9.59 Å². The van der Waals surface area contributed by atoms with Crippen LogP contribution in [0.15, 0.2) is 12.1 Å². The van der Waals surface area contributed by atoms with Crippen LogP contribution < -0.4 is 11.1 Å². The van der Waals surface area contributed by atoms with E-state index in [1.165, 1.54) is 16.5 Å². The number of aryl methyl sites for hydroxylation is 3. The van der Waals surface area contributed by atoms with Gasteiger partial charge in [-0.3, -0.25) is 9.59 Å². The Morgan fingerprint density at radius 1 is 1.26 bits per heavy atom. The number of nitrogens with zero attached hydrogens (tertiary/aromatic N) is 1. The molecule has 0 aliphatic carbocycles. The number of hydrogen-bond donors (Lipinski definition) is 3. The maximum Gasteiger partial charge on any atom is 0.224 e. The summed E-state index contributed by atoms with van der Waals surface area (Å²) < 4.78 is 0. The fourth-order valence-electron chi connectivity index (χ4n) is 4.10. The monoisotopic (exact) mass is 370 g/mol. The SMILES string of the molecule is Cc1[nH]c2c(C)ccc(C)c2c1CC(=O)NCCN1CCC[C@H](C(N)=O)C1. The van der Waals surface area contributed by atoms with Crippen LogP contribution in [-0.4, -0.2) is 47.9 Å². The highest BCUT2D eigenvalue weighted by Crippen LogP contribution is 2.28. The van der Waals surface area contributed by atoms with Gasteiger partial charge in [-0.05, 0) is 56.8 Å². The van der Waals surface area contributed by atoms with Gasteiger partial charge in [0.15, 0.2) is 0 Å². The van der Waals surface area contributed by atoms with Gasteiger partial charge in [0.2, 0.25) is 11.8 Å². The number of nitrogens with one attached hydrogen (secondary N) is 2. The number of carbonyl (C=O) groups is 2. The molecule has 27 heavy (non-hydrogen) atoms. The van der Waals surface area contributed by atoms with E-state index in [0.717, 1.165) is 42.7 Å². The van der Waals surface area contributed by atoms with E-state index in [1.807, 2.05) is 6.92 Å². The molecule has 4 N–H and O–H groups in total. The average molecular weight is 370 g/mol. The molecule has 1 atom stereocenters. The molecule has 1 aromatic carbocycles. The van der Waals surface area contributed by atoms with Crippen molar-refractivity contribution in [2.75, 3.05) is 26.2 Å². The molecule has 2 amide bonds. The lowest BCUT2D eigenvalue weighted by molar-refractivity contribution is -0.124. The Balaban J connectivity index is 1.57. The van der Waals surface area contributed by atoms with Gasteiger partial charge in [0, 0.05) is 36.2 Å². The van der Waals surface area contributed by atoms with Gasteiger partial charge in [0.1, 0.15) is 0 Å². The van der Waals surface area contributed by atoms with Gasteiger partial charge in [0.05, 0.1) is 12.3 Å². The van der Waals surface area contributed by atoms with Gasteiger partial charge in [-0.15, -0.1) is 0 Å². The van der Waals surface area contributed by atoms with Gasteiger partial charge < -0.3 is 20.9 Å². The predicted octanol–water partition coefficient (Wildman–Crippen LogP) is 1.95. The zero-order chi connectivity index (χ0) is 19.6. The summed E-state index contributed by atoms with van der Waals surface area (Å²) in [4.78, 5) is 29.5. The minimum Gasteiger partial charge on any atom is -0.369 e. The Hall–Kier alpha value is -2.34. The van der Waals surface area contributed by atoms with E-state index in [1.54, 1.807) is 0 Å². The molecule has 3 rings (SSSR count). The third kappa shape index (κ3) is 4.33. The molecule has 1 saturated heterocycles. The number of aromatic amines is 1. The highest BCUT2D eigenvalue weighted by molar-refractivity contribution is 5.93. The molecular weight excluding hydrogens is 340 g/mol. The molecule has 2 aromatic rings. The third-order valence-electron chi connectivity index (χ3n) is 5.68. The van der Waals surface area contributed by atoms with E-state index in [-0.39, 0.29) is 17.7 Å². The number of benzene rings is 1. The molecule has 1 aromatic heterocycles. The van der Waals surface area contributed by atoms with Crippen LogP contribution in [-0.2, 0) is 16.0 Å². The minimum atomic E-state index is -0.218. The van der Waals surface area contributed by atoms with Gasteiger partial charge in [-0.2, -0.15) is 0 Å². The molecule has 0 bridgehead atoms. The summed E-state index contributed by atoms with van der Waals surface area (Å²) in [5, 5.41) is 4.20. The van der Waals surface area contributed by atoms with E-state index >= 15 is 0 Å². The van der Waals surface area contributed by atoms with Crippen molar-refractivity contribution in [1.82, 2.24) is 15.2 Å². The van der Waals surface area contributed by atoms with Crippen molar-refractivity contribution >= 4 is 22.7 Å². The molecule has 0 saturated carbocycles. The zero-order valence-electron chi connectivity index (χ0n) is 16.5. The number of hydrogen-bond acceptors (Lipinski definition) is 3. The second-order valence-corrected chi connectivity index (χ2v) is 7.75. The Labute approximate surface area is 160 Å². The number of carbonyl (C=O) groups excluding carboxylic acids is 2. The van der Waals surface area contributed by atoms with E-state index in [2.05, 4.69) is 41.2 Å². The van der Waals surface area contributed by atoms with Gasteiger partial charge in [0.25, 0.3) is 0 Å². The second-order valence-electron chi connectivity index (χ2n) is 7.75. The number of fused-ring (bicyclic) bond motifs is 1. The smallest absolute Gasteiger partial charge is 0.224 e. The van der Waals surface area contributed by atoms with Crippen LogP contribution in [0.3, 0.4) is 0 Å². The Bertz CT molecular complexity index is 855. The van der Waals surface area contributed by atoms with Crippen LogP contribution in [0.25, 0.3) is 10.9 Å². The van der Waals surface area contributed by atoms with Crippen LogP contribution in [0, 0.1) is 26.7 Å². The first kappa shape index (κ1) is 19.4. The topological polar surface area (TPSA) is 91.2 Å². The molecular formula is C21H30N4O2. The summed E-state index contributed by atoms with van der Waals surface area (Å²) in [6.07, 6.45) is 2.23. The fourth-order valence-corrected chi connectivity index (χ4v) is 4.10. The van der Waals surface area contributed by atoms with E-state index in [4.69, 9.17) is 5.73 Å². The number of H-pyrrole nitrogens is 1. The number of aromatic nitrogens is 1. The van der Waals surface area contributed by atoms with Crippen LogP contribution in [0.2, 0.25) is 0 Å². The van der Waals surface area contributed by atoms with Crippen LogP contribution in [0.1, 0.15) is 35.2 Å². The largest absolute Gasteiger partial charge is 0.369 e. The van der Waals surface area contributed by atoms with Crippen molar-refractivity contribution in [1.29, 1.82) is 0 Å². The van der Waals surface area contributed by atoms with Crippen LogP contribution in [0.5, 0.6) is 0 Å². The summed E-state index contributed by atoms with van der Waals surface area (Å²) in [6, 6.07) is 4.22. The molecule has 2 heterocycles. The van der Waals surface area contributed by atoms with Gasteiger partial charge >= 0.3 is 0 Å². The van der Waals surface area contributed by atoms with Gasteiger partial charge in [-0.1, -0.05) is 12.1 Å². The first-order chi connectivity index (χ1) is 12.9. The molecule has 0 unspecified atom stereocenters. The number of nitrogens with two attached hydrogens (primary N) is 1. The molecule has 1 fully saturated rings. The molecule has 146 valence electrons. The second kappa shape index (κ2) is 8.13. The highest BCUT2D eigenvalue weighted by Gasteiger charge is 2.23. The number of amides is 2. The summed E-state index contributed by atoms with van der Waals surface area (Å²) in [6.45, 7) is 9.19. The summed E-state index contributed by atoms with van der Waals surface area (Å²) >= 11 is 0.